The maximum absolute atomic E-state index is 12.7. The molecule has 5 aliphatic rings. The third kappa shape index (κ3) is 5.35. The zero-order valence-electron chi connectivity index (χ0n) is 24.2. The molecule has 3 amide bonds. The Morgan fingerprint density at radius 2 is 1.54 bits per heavy atom. The van der Waals surface area contributed by atoms with Crippen molar-refractivity contribution in [3.05, 3.63) is 0 Å². The summed E-state index contributed by atoms with van der Waals surface area (Å²) in [6, 6.07) is 0.117. The fourth-order valence-corrected chi connectivity index (χ4v) is 9.58. The maximum atomic E-state index is 12.7. The second-order valence-electron chi connectivity index (χ2n) is 13.7. The highest BCUT2D eigenvalue weighted by Gasteiger charge is 2.61. The summed E-state index contributed by atoms with van der Waals surface area (Å²) < 4.78 is 0. The predicted octanol–water partition coefficient (Wildman–Crippen LogP) is 1.52. The van der Waals surface area contributed by atoms with Gasteiger partial charge in [0.25, 0.3) is 0 Å². The molecular weight excluding hydrogens is 496 g/mol. The van der Waals surface area contributed by atoms with Crippen LogP contribution in [0.5, 0.6) is 0 Å². The van der Waals surface area contributed by atoms with E-state index in [-0.39, 0.29) is 59.9 Å². The van der Waals surface area contributed by atoms with E-state index in [0.29, 0.717) is 43.2 Å². The van der Waals surface area contributed by atoms with Gasteiger partial charge in [-0.25, -0.2) is 0 Å². The van der Waals surface area contributed by atoms with Gasteiger partial charge in [-0.1, -0.05) is 20.8 Å². The van der Waals surface area contributed by atoms with Crippen LogP contribution in [0.15, 0.2) is 0 Å². The van der Waals surface area contributed by atoms with Crippen LogP contribution in [-0.4, -0.2) is 95.3 Å². The Morgan fingerprint density at radius 3 is 2.26 bits per heavy atom. The van der Waals surface area contributed by atoms with E-state index in [4.69, 9.17) is 0 Å². The van der Waals surface area contributed by atoms with Gasteiger partial charge in [-0.15, -0.1) is 0 Å². The number of piperazine rings is 1. The number of aliphatic hydroxyl groups excluding tert-OH is 2. The van der Waals surface area contributed by atoms with Gasteiger partial charge in [0, 0.05) is 38.6 Å². The molecule has 4 aliphatic carbocycles. The van der Waals surface area contributed by atoms with Crippen molar-refractivity contribution in [2.75, 3.05) is 39.3 Å². The minimum Gasteiger partial charge on any atom is -0.393 e. The smallest absolute Gasteiger partial charge is 0.242 e. The third-order valence-electron chi connectivity index (χ3n) is 12.0. The molecule has 0 bridgehead atoms. The van der Waals surface area contributed by atoms with E-state index >= 15 is 0 Å². The minimum absolute atomic E-state index is 0.0650. The van der Waals surface area contributed by atoms with Crippen molar-refractivity contribution >= 4 is 17.7 Å². The van der Waals surface area contributed by atoms with Crippen LogP contribution in [0.4, 0.5) is 0 Å². The lowest BCUT2D eigenvalue weighted by molar-refractivity contribution is -0.156. The second kappa shape index (κ2) is 11.3. The molecule has 5 fully saturated rings. The molecule has 4 saturated carbocycles. The molecule has 0 aromatic rings. The van der Waals surface area contributed by atoms with E-state index in [1.807, 2.05) is 0 Å². The van der Waals surface area contributed by atoms with Crippen molar-refractivity contribution in [3.8, 4) is 0 Å². The summed E-state index contributed by atoms with van der Waals surface area (Å²) >= 11 is 0. The Labute approximate surface area is 233 Å². The molecule has 9 nitrogen and oxygen atoms in total. The van der Waals surface area contributed by atoms with E-state index < -0.39 is 0 Å². The summed E-state index contributed by atoms with van der Waals surface area (Å²) in [5.41, 5.74) is 0.301. The van der Waals surface area contributed by atoms with E-state index in [1.165, 1.54) is 19.3 Å². The average molecular weight is 547 g/mol. The van der Waals surface area contributed by atoms with Crippen LogP contribution in [-0.2, 0) is 14.4 Å². The summed E-state index contributed by atoms with van der Waals surface area (Å²) in [7, 11) is 0. The molecule has 1 aliphatic heterocycles. The second-order valence-corrected chi connectivity index (χ2v) is 13.7. The van der Waals surface area contributed by atoms with Crippen molar-refractivity contribution in [2.24, 2.45) is 34.5 Å². The monoisotopic (exact) mass is 546 g/mol. The first-order valence-corrected chi connectivity index (χ1v) is 15.5. The Balaban J connectivity index is 1.16. The number of nitrogens with one attached hydrogen (secondary N) is 2. The van der Waals surface area contributed by atoms with E-state index in [9.17, 15) is 24.6 Å². The number of amides is 3. The Morgan fingerprint density at radius 1 is 0.846 bits per heavy atom. The highest BCUT2D eigenvalue weighted by atomic mass is 16.3. The lowest BCUT2D eigenvalue weighted by atomic mass is 9.44. The minimum atomic E-state index is -0.363. The molecule has 39 heavy (non-hydrogen) atoms. The van der Waals surface area contributed by atoms with Crippen LogP contribution in [0.1, 0.15) is 78.6 Å². The van der Waals surface area contributed by atoms with Gasteiger partial charge in [-0.05, 0) is 85.9 Å². The molecule has 1 heterocycles. The number of carbonyl (C=O) groups is 3. The number of nitrogens with zero attached hydrogens (tertiary/aromatic N) is 2. The van der Waals surface area contributed by atoms with Gasteiger partial charge in [-0.3, -0.25) is 19.3 Å². The summed E-state index contributed by atoms with van der Waals surface area (Å²) in [5, 5.41) is 27.2. The molecule has 0 aromatic carbocycles. The van der Waals surface area contributed by atoms with E-state index in [0.717, 1.165) is 45.2 Å². The molecule has 5 rings (SSSR count). The normalized spacial score (nSPS) is 42.2. The van der Waals surface area contributed by atoms with Gasteiger partial charge >= 0.3 is 0 Å². The van der Waals surface area contributed by atoms with E-state index in [1.54, 1.807) is 11.8 Å². The van der Waals surface area contributed by atoms with Crippen LogP contribution >= 0.6 is 0 Å². The zero-order valence-corrected chi connectivity index (χ0v) is 24.2. The van der Waals surface area contributed by atoms with Crippen LogP contribution < -0.4 is 10.6 Å². The van der Waals surface area contributed by atoms with Crippen LogP contribution in [0.3, 0.4) is 0 Å². The van der Waals surface area contributed by atoms with Gasteiger partial charge in [-0.2, -0.15) is 0 Å². The highest BCUT2D eigenvalue weighted by molar-refractivity contribution is 5.88. The molecule has 1 saturated heterocycles. The number of aliphatic hydroxyl groups is 2. The standard InChI is InChI=1S/C30H50N4O5/c1-4-26(37)31-17-27(38)32-18-28(39)34-13-11-33(12-14-34)23-16-30(3)19(15-24(23)35)5-6-20-21-7-8-25(36)29(21,2)10-9-22(20)30/h19-25,35-36H,4-18H2,1-3H3,(H,31,37)(H,32,38)/t19-,20-,21-,22-,23-,24-,25-,29-,30-/m0/s1. The fraction of sp³-hybridized carbons (Fsp3) is 0.900. The molecule has 4 N–H and O–H groups in total. The van der Waals surface area contributed by atoms with Crippen LogP contribution in [0.2, 0.25) is 0 Å². The Bertz CT molecular complexity index is 938. The highest BCUT2D eigenvalue weighted by Crippen LogP contribution is 2.66. The number of hydrogen-bond acceptors (Lipinski definition) is 6. The number of hydrogen-bond donors (Lipinski definition) is 4. The Hall–Kier alpha value is -1.71. The summed E-state index contributed by atoms with van der Waals surface area (Å²) in [6.45, 7) is 9.03. The quantitative estimate of drug-likeness (QED) is 0.401. The van der Waals surface area contributed by atoms with Crippen molar-refractivity contribution < 1.29 is 24.6 Å². The van der Waals surface area contributed by atoms with Crippen LogP contribution in [0, 0.1) is 34.5 Å². The predicted molar refractivity (Wildman–Crippen MR) is 147 cm³/mol. The lowest BCUT2D eigenvalue weighted by Gasteiger charge is -2.62. The topological polar surface area (TPSA) is 122 Å². The molecule has 220 valence electrons. The first-order chi connectivity index (χ1) is 18.6. The summed E-state index contributed by atoms with van der Waals surface area (Å²) in [5.74, 6) is 1.89. The molecule has 0 spiro atoms. The number of carbonyl (C=O) groups excluding carboxylic acids is 3. The largest absolute Gasteiger partial charge is 0.393 e. The molecule has 9 heteroatoms. The van der Waals surface area contributed by atoms with Crippen molar-refractivity contribution in [1.29, 1.82) is 0 Å². The third-order valence-corrected chi connectivity index (χ3v) is 12.0. The molecule has 9 atom stereocenters. The molecule has 0 radical (unpaired) electrons. The first kappa shape index (κ1) is 28.8. The molecule has 0 unspecified atom stereocenters. The van der Waals surface area contributed by atoms with Gasteiger partial charge in [0.05, 0.1) is 25.3 Å². The van der Waals surface area contributed by atoms with Crippen molar-refractivity contribution in [1.82, 2.24) is 20.4 Å². The zero-order chi connectivity index (χ0) is 27.9. The number of fused-ring (bicyclic) bond motifs is 5. The maximum Gasteiger partial charge on any atom is 0.242 e. The first-order valence-electron chi connectivity index (χ1n) is 15.5. The number of rotatable bonds is 6. The molecule has 0 aromatic heterocycles. The average Bonchev–Trinajstić information content (AvgIpc) is 3.24. The molecular formula is C30H50N4O5. The Kier molecular flexibility index (Phi) is 8.33. The van der Waals surface area contributed by atoms with Crippen molar-refractivity contribution in [3.63, 3.8) is 0 Å². The van der Waals surface area contributed by atoms with Gasteiger partial charge < -0.3 is 25.7 Å². The fourth-order valence-electron chi connectivity index (χ4n) is 9.58. The van der Waals surface area contributed by atoms with Gasteiger partial charge in [0.2, 0.25) is 17.7 Å². The van der Waals surface area contributed by atoms with Gasteiger partial charge in [0.15, 0.2) is 0 Å². The lowest BCUT2D eigenvalue weighted by Crippen LogP contribution is -2.62. The van der Waals surface area contributed by atoms with Crippen molar-refractivity contribution in [2.45, 2.75) is 96.8 Å². The summed E-state index contributed by atoms with van der Waals surface area (Å²) in [6.07, 6.45) is 8.59. The van der Waals surface area contributed by atoms with Gasteiger partial charge in [0.1, 0.15) is 0 Å². The SMILES string of the molecule is CCC(=O)NCC(=O)NCC(=O)N1CCN([C@H]2C[C@@]3(C)[C@@H](CC[C@@H]4[C@@H]3CC[C@]3(C)[C@@H](O)CC[C@@H]43)C[C@@H]2O)CC1. The van der Waals surface area contributed by atoms with Crippen LogP contribution in [0.25, 0.3) is 0 Å². The van der Waals surface area contributed by atoms with E-state index in [2.05, 4.69) is 29.4 Å². The summed E-state index contributed by atoms with van der Waals surface area (Å²) in [4.78, 5) is 40.2.